The molecule has 5 heteroatoms. The maximum Gasteiger partial charge on any atom is 0.276 e. The zero-order valence-electron chi connectivity index (χ0n) is 10.9. The van der Waals surface area contributed by atoms with Crippen LogP contribution in [0.2, 0.25) is 0 Å². The minimum atomic E-state index is -0.152. The van der Waals surface area contributed by atoms with Crippen LogP contribution in [-0.4, -0.2) is 16.0 Å². The van der Waals surface area contributed by atoms with Crippen molar-refractivity contribution < 1.29 is 4.42 Å². The van der Waals surface area contributed by atoms with E-state index in [1.54, 1.807) is 0 Å². The molecule has 0 amide bonds. The Morgan fingerprint density at radius 3 is 2.71 bits per heavy atom. The van der Waals surface area contributed by atoms with E-state index in [1.807, 2.05) is 0 Å². The van der Waals surface area contributed by atoms with E-state index in [0.717, 1.165) is 12.2 Å². The van der Waals surface area contributed by atoms with E-state index in [0.29, 0.717) is 17.0 Å². The standard InChI is InChI=1S/C12H21N3OS/c1-8(2)5-6-17-12-15-14-11(16-12)10(13)7-9(3)4/h5,9-10H,6-7,13H2,1-4H3. The molecular formula is C12H21N3OS. The number of hydrogen-bond acceptors (Lipinski definition) is 5. The summed E-state index contributed by atoms with van der Waals surface area (Å²) in [5, 5.41) is 8.56. The van der Waals surface area contributed by atoms with Crippen LogP contribution in [0.3, 0.4) is 0 Å². The van der Waals surface area contributed by atoms with Crippen LogP contribution < -0.4 is 5.73 Å². The maximum absolute atomic E-state index is 5.97. The van der Waals surface area contributed by atoms with Gasteiger partial charge < -0.3 is 10.2 Å². The van der Waals surface area contributed by atoms with E-state index in [4.69, 9.17) is 10.2 Å². The minimum absolute atomic E-state index is 0.152. The van der Waals surface area contributed by atoms with Crippen LogP contribution in [0.15, 0.2) is 21.3 Å². The SMILES string of the molecule is CC(C)=CCSc1nnc(C(N)CC(C)C)o1. The predicted octanol–water partition coefficient (Wildman–Crippen LogP) is 3.17. The second kappa shape index (κ2) is 6.81. The van der Waals surface area contributed by atoms with Gasteiger partial charge in [0.2, 0.25) is 5.89 Å². The lowest BCUT2D eigenvalue weighted by Crippen LogP contribution is -2.13. The Hall–Kier alpha value is -0.810. The van der Waals surface area contributed by atoms with E-state index < -0.39 is 0 Å². The lowest BCUT2D eigenvalue weighted by Gasteiger charge is -2.08. The van der Waals surface area contributed by atoms with Gasteiger partial charge in [0.15, 0.2) is 0 Å². The van der Waals surface area contributed by atoms with Gasteiger partial charge in [-0.2, -0.15) is 0 Å². The molecule has 96 valence electrons. The van der Waals surface area contributed by atoms with Gasteiger partial charge in [-0.05, 0) is 26.2 Å². The fraction of sp³-hybridized carbons (Fsp3) is 0.667. The molecule has 0 aromatic carbocycles. The fourth-order valence-corrected chi connectivity index (χ4v) is 2.12. The van der Waals surface area contributed by atoms with Gasteiger partial charge >= 0.3 is 0 Å². The van der Waals surface area contributed by atoms with Crippen molar-refractivity contribution in [3.63, 3.8) is 0 Å². The summed E-state index contributed by atoms with van der Waals surface area (Å²) in [6.45, 7) is 8.39. The Morgan fingerprint density at radius 1 is 1.41 bits per heavy atom. The lowest BCUT2D eigenvalue weighted by molar-refractivity contribution is 0.361. The largest absolute Gasteiger partial charge is 0.414 e. The van der Waals surface area contributed by atoms with Gasteiger partial charge in [0.05, 0.1) is 6.04 Å². The normalized spacial score (nSPS) is 12.8. The first-order valence-corrected chi connectivity index (χ1v) is 6.82. The van der Waals surface area contributed by atoms with Gasteiger partial charge in [0, 0.05) is 5.75 Å². The van der Waals surface area contributed by atoms with Crippen LogP contribution in [-0.2, 0) is 0 Å². The van der Waals surface area contributed by atoms with Gasteiger partial charge in [-0.15, -0.1) is 10.2 Å². The van der Waals surface area contributed by atoms with Crippen molar-refractivity contribution in [2.75, 3.05) is 5.75 Å². The molecule has 1 aromatic rings. The number of nitrogens with two attached hydrogens (primary N) is 1. The van der Waals surface area contributed by atoms with Crippen molar-refractivity contribution in [1.82, 2.24) is 10.2 Å². The van der Waals surface area contributed by atoms with Crippen molar-refractivity contribution in [3.8, 4) is 0 Å². The summed E-state index contributed by atoms with van der Waals surface area (Å²) in [5.74, 6) is 1.92. The van der Waals surface area contributed by atoms with E-state index in [2.05, 4.69) is 44.0 Å². The smallest absolute Gasteiger partial charge is 0.276 e. The average Bonchev–Trinajstić information content (AvgIpc) is 2.64. The molecule has 0 aliphatic rings. The van der Waals surface area contributed by atoms with E-state index >= 15 is 0 Å². The molecule has 1 heterocycles. The molecule has 2 N–H and O–H groups in total. The summed E-state index contributed by atoms with van der Waals surface area (Å²) in [7, 11) is 0. The van der Waals surface area contributed by atoms with Crippen molar-refractivity contribution >= 4 is 11.8 Å². The lowest BCUT2D eigenvalue weighted by atomic mass is 10.1. The number of thioether (sulfide) groups is 1. The molecule has 0 bridgehead atoms. The van der Waals surface area contributed by atoms with Gasteiger partial charge in [-0.25, -0.2) is 0 Å². The van der Waals surface area contributed by atoms with Gasteiger partial charge in [0.25, 0.3) is 5.22 Å². The van der Waals surface area contributed by atoms with Crippen LogP contribution in [0.4, 0.5) is 0 Å². The van der Waals surface area contributed by atoms with E-state index in [-0.39, 0.29) is 6.04 Å². The van der Waals surface area contributed by atoms with Gasteiger partial charge in [-0.1, -0.05) is 37.3 Å². The molecule has 0 radical (unpaired) electrons. The third-order valence-corrected chi connectivity index (χ3v) is 2.91. The second-order valence-electron chi connectivity index (χ2n) is 4.73. The highest BCUT2D eigenvalue weighted by molar-refractivity contribution is 7.99. The third kappa shape index (κ3) is 5.37. The highest BCUT2D eigenvalue weighted by Gasteiger charge is 2.15. The summed E-state index contributed by atoms with van der Waals surface area (Å²) in [6, 6.07) is -0.152. The Kier molecular flexibility index (Phi) is 5.71. The molecule has 4 nitrogen and oxygen atoms in total. The summed E-state index contributed by atoms with van der Waals surface area (Å²) in [5.41, 5.74) is 7.25. The van der Waals surface area contributed by atoms with Crippen LogP contribution >= 0.6 is 11.8 Å². The summed E-state index contributed by atoms with van der Waals surface area (Å²) in [6.07, 6.45) is 2.99. The van der Waals surface area contributed by atoms with Crippen LogP contribution in [0.5, 0.6) is 0 Å². The minimum Gasteiger partial charge on any atom is -0.414 e. The molecule has 1 rings (SSSR count). The topological polar surface area (TPSA) is 64.9 Å². The zero-order valence-corrected chi connectivity index (χ0v) is 11.8. The van der Waals surface area contributed by atoms with Crippen molar-refractivity contribution in [2.24, 2.45) is 11.7 Å². The average molecular weight is 255 g/mol. The third-order valence-electron chi connectivity index (χ3n) is 2.16. The predicted molar refractivity (Wildman–Crippen MR) is 70.8 cm³/mol. The molecule has 0 fully saturated rings. The highest BCUT2D eigenvalue weighted by Crippen LogP contribution is 2.22. The number of hydrogen-bond donors (Lipinski definition) is 1. The Balaban J connectivity index is 2.50. The van der Waals surface area contributed by atoms with Crippen molar-refractivity contribution in [2.45, 2.75) is 45.4 Å². The molecule has 1 aromatic heterocycles. The van der Waals surface area contributed by atoms with Gasteiger partial charge in [0.1, 0.15) is 0 Å². The highest BCUT2D eigenvalue weighted by atomic mass is 32.2. The summed E-state index contributed by atoms with van der Waals surface area (Å²) in [4.78, 5) is 0. The van der Waals surface area contributed by atoms with Crippen LogP contribution in [0, 0.1) is 5.92 Å². The molecular weight excluding hydrogens is 234 g/mol. The zero-order chi connectivity index (χ0) is 12.8. The molecule has 1 atom stereocenters. The molecule has 17 heavy (non-hydrogen) atoms. The van der Waals surface area contributed by atoms with Crippen LogP contribution in [0.1, 0.15) is 46.0 Å². The maximum atomic E-state index is 5.97. The fourth-order valence-electron chi connectivity index (χ4n) is 1.32. The van der Waals surface area contributed by atoms with Crippen molar-refractivity contribution in [1.29, 1.82) is 0 Å². The summed E-state index contributed by atoms with van der Waals surface area (Å²) < 4.78 is 5.51. The first-order valence-electron chi connectivity index (χ1n) is 5.84. The van der Waals surface area contributed by atoms with Crippen LogP contribution in [0.25, 0.3) is 0 Å². The second-order valence-corrected chi connectivity index (χ2v) is 5.71. The van der Waals surface area contributed by atoms with Gasteiger partial charge in [-0.3, -0.25) is 0 Å². The first kappa shape index (κ1) is 14.3. The monoisotopic (exact) mass is 255 g/mol. The molecule has 0 spiro atoms. The summed E-state index contributed by atoms with van der Waals surface area (Å²) >= 11 is 1.53. The first-order chi connectivity index (χ1) is 7.99. The molecule has 1 unspecified atom stereocenters. The molecule has 0 saturated carbocycles. The van der Waals surface area contributed by atoms with E-state index in [9.17, 15) is 0 Å². The van der Waals surface area contributed by atoms with E-state index in [1.165, 1.54) is 17.3 Å². The molecule has 0 aliphatic carbocycles. The quantitative estimate of drug-likeness (QED) is 0.624. The molecule has 0 saturated heterocycles. The Labute approximate surface area is 107 Å². The number of rotatable bonds is 6. The number of allylic oxidation sites excluding steroid dienone is 1. The Bertz CT molecular complexity index is 370. The number of aromatic nitrogens is 2. The number of nitrogens with zero attached hydrogens (tertiary/aromatic N) is 2. The molecule has 0 aliphatic heterocycles. The Morgan fingerprint density at radius 2 is 2.12 bits per heavy atom. The van der Waals surface area contributed by atoms with Crippen molar-refractivity contribution in [3.05, 3.63) is 17.5 Å².